The summed E-state index contributed by atoms with van der Waals surface area (Å²) in [6.45, 7) is 5.80. The van der Waals surface area contributed by atoms with Crippen molar-refractivity contribution in [1.82, 2.24) is 10.2 Å². The Morgan fingerprint density at radius 1 is 1.11 bits per heavy atom. The largest absolute Gasteiger partial charge is 0.497 e. The highest BCUT2D eigenvalue weighted by Gasteiger charge is 2.29. The second-order valence-electron chi connectivity index (χ2n) is 8.99. The molecule has 0 spiro atoms. The van der Waals surface area contributed by atoms with Gasteiger partial charge < -0.3 is 15.0 Å². The second kappa shape index (κ2) is 13.9. The van der Waals surface area contributed by atoms with Crippen molar-refractivity contribution in [3.63, 3.8) is 0 Å². The van der Waals surface area contributed by atoms with E-state index in [4.69, 9.17) is 27.9 Å². The van der Waals surface area contributed by atoms with E-state index in [9.17, 15) is 18.0 Å². The zero-order chi connectivity index (χ0) is 27.8. The Labute approximate surface area is 229 Å². The van der Waals surface area contributed by atoms with Gasteiger partial charge in [0.25, 0.3) is 0 Å². The van der Waals surface area contributed by atoms with Crippen LogP contribution < -0.4 is 14.4 Å². The van der Waals surface area contributed by atoms with Crippen LogP contribution in [0.2, 0.25) is 10.0 Å². The van der Waals surface area contributed by atoms with Gasteiger partial charge >= 0.3 is 0 Å². The van der Waals surface area contributed by atoms with E-state index in [2.05, 4.69) is 5.32 Å². The molecular formula is C26H35Cl2N3O5S. The van der Waals surface area contributed by atoms with Crippen LogP contribution in [0.5, 0.6) is 5.75 Å². The van der Waals surface area contributed by atoms with Crippen molar-refractivity contribution >= 4 is 50.7 Å². The zero-order valence-corrected chi connectivity index (χ0v) is 24.2. The Morgan fingerprint density at radius 3 is 2.41 bits per heavy atom. The van der Waals surface area contributed by atoms with Crippen LogP contribution in [-0.2, 0) is 26.2 Å². The van der Waals surface area contributed by atoms with Crippen molar-refractivity contribution in [2.75, 3.05) is 24.2 Å². The van der Waals surface area contributed by atoms with Gasteiger partial charge in [-0.3, -0.25) is 13.9 Å². The number of rotatable bonds is 13. The number of benzene rings is 2. The number of hydrogen-bond donors (Lipinski definition) is 1. The fourth-order valence-electron chi connectivity index (χ4n) is 3.93. The molecule has 0 bridgehead atoms. The molecule has 0 unspecified atom stereocenters. The molecule has 204 valence electrons. The number of amides is 2. The van der Waals surface area contributed by atoms with Crippen molar-refractivity contribution in [2.24, 2.45) is 0 Å². The summed E-state index contributed by atoms with van der Waals surface area (Å²) in [5.74, 6) is 0.142. The monoisotopic (exact) mass is 571 g/mol. The quantitative estimate of drug-likeness (QED) is 0.369. The molecule has 0 fully saturated rings. The van der Waals surface area contributed by atoms with E-state index >= 15 is 0 Å². The number of sulfonamides is 1. The molecule has 0 radical (unpaired) electrons. The molecule has 37 heavy (non-hydrogen) atoms. The number of anilines is 1. The maximum absolute atomic E-state index is 13.5. The summed E-state index contributed by atoms with van der Waals surface area (Å²) in [5.41, 5.74) is 1.06. The first-order chi connectivity index (χ1) is 17.4. The summed E-state index contributed by atoms with van der Waals surface area (Å²) in [6.07, 6.45) is 1.73. The third-order valence-electron chi connectivity index (χ3n) is 5.63. The van der Waals surface area contributed by atoms with E-state index in [1.807, 2.05) is 39.0 Å². The van der Waals surface area contributed by atoms with Crippen molar-refractivity contribution < 1.29 is 22.7 Å². The molecule has 2 aromatic rings. The second-order valence-corrected chi connectivity index (χ2v) is 11.7. The van der Waals surface area contributed by atoms with Gasteiger partial charge in [-0.15, -0.1) is 0 Å². The standard InChI is InChI=1S/C26H35Cl2N3O5S/c1-6-23(26(33)29-18(2)3)30(17-19-9-7-10-21(15-19)36-4)25(32)11-8-14-31(37(5,34)35)24-16-20(27)12-13-22(24)28/h7,9-10,12-13,15-16,18,23H,6,8,11,14,17H2,1-5H3,(H,29,33)/t23-/m1/s1. The zero-order valence-electron chi connectivity index (χ0n) is 21.8. The van der Waals surface area contributed by atoms with Crippen LogP contribution in [0.4, 0.5) is 5.69 Å². The summed E-state index contributed by atoms with van der Waals surface area (Å²) in [5, 5.41) is 3.47. The summed E-state index contributed by atoms with van der Waals surface area (Å²) >= 11 is 12.3. The first-order valence-corrected chi connectivity index (χ1v) is 14.6. The molecule has 11 heteroatoms. The number of carbonyl (C=O) groups is 2. The lowest BCUT2D eigenvalue weighted by Crippen LogP contribution is -2.50. The molecule has 0 aliphatic carbocycles. The van der Waals surface area contributed by atoms with Crippen molar-refractivity contribution in [3.8, 4) is 5.75 Å². The Kier molecular flexibility index (Phi) is 11.5. The molecule has 0 heterocycles. The van der Waals surface area contributed by atoms with Gasteiger partial charge in [-0.2, -0.15) is 0 Å². The lowest BCUT2D eigenvalue weighted by atomic mass is 10.1. The number of ether oxygens (including phenoxy) is 1. The number of nitrogens with one attached hydrogen (secondary N) is 1. The lowest BCUT2D eigenvalue weighted by molar-refractivity contribution is -0.141. The average Bonchev–Trinajstić information content (AvgIpc) is 2.82. The van der Waals surface area contributed by atoms with Gasteiger partial charge in [-0.1, -0.05) is 42.3 Å². The molecule has 0 saturated heterocycles. The van der Waals surface area contributed by atoms with Crippen molar-refractivity contribution in [3.05, 3.63) is 58.1 Å². The number of methoxy groups -OCH3 is 1. The Bertz CT molecular complexity index is 1190. The van der Waals surface area contributed by atoms with Crippen LogP contribution in [0, 0.1) is 0 Å². The summed E-state index contributed by atoms with van der Waals surface area (Å²) in [4.78, 5) is 28.0. The number of nitrogens with zero attached hydrogens (tertiary/aromatic N) is 2. The molecule has 2 amide bonds. The van der Waals surface area contributed by atoms with Gasteiger partial charge in [0.15, 0.2) is 0 Å². The maximum atomic E-state index is 13.5. The van der Waals surface area contributed by atoms with Crippen LogP contribution in [0.15, 0.2) is 42.5 Å². The minimum atomic E-state index is -3.69. The van der Waals surface area contributed by atoms with Gasteiger partial charge in [-0.25, -0.2) is 8.42 Å². The summed E-state index contributed by atoms with van der Waals surface area (Å²) in [7, 11) is -2.13. The van der Waals surface area contributed by atoms with Crippen LogP contribution in [0.3, 0.4) is 0 Å². The normalized spacial score (nSPS) is 12.2. The van der Waals surface area contributed by atoms with E-state index in [0.29, 0.717) is 17.2 Å². The molecule has 1 atom stereocenters. The third-order valence-corrected chi connectivity index (χ3v) is 7.37. The summed E-state index contributed by atoms with van der Waals surface area (Å²) in [6, 6.07) is 11.1. The predicted molar refractivity (Wildman–Crippen MR) is 149 cm³/mol. The highest BCUT2D eigenvalue weighted by Crippen LogP contribution is 2.31. The van der Waals surface area contributed by atoms with Gasteiger partial charge in [0.2, 0.25) is 21.8 Å². The average molecular weight is 573 g/mol. The Morgan fingerprint density at radius 2 is 1.81 bits per heavy atom. The number of hydrogen-bond acceptors (Lipinski definition) is 5. The van der Waals surface area contributed by atoms with E-state index in [1.54, 1.807) is 24.1 Å². The topological polar surface area (TPSA) is 96.0 Å². The Balaban J connectivity index is 2.27. The van der Waals surface area contributed by atoms with Crippen LogP contribution >= 0.6 is 23.2 Å². The van der Waals surface area contributed by atoms with E-state index in [-0.39, 0.29) is 54.5 Å². The van der Waals surface area contributed by atoms with E-state index < -0.39 is 16.1 Å². The minimum absolute atomic E-state index is 0.0205. The maximum Gasteiger partial charge on any atom is 0.243 e. The minimum Gasteiger partial charge on any atom is -0.497 e. The van der Waals surface area contributed by atoms with E-state index in [0.717, 1.165) is 16.1 Å². The fraction of sp³-hybridized carbons (Fsp3) is 0.462. The van der Waals surface area contributed by atoms with Gasteiger partial charge in [0.05, 0.1) is 24.1 Å². The third kappa shape index (κ3) is 9.09. The van der Waals surface area contributed by atoms with Gasteiger partial charge in [0, 0.05) is 30.6 Å². The number of halogens is 2. The molecule has 2 rings (SSSR count). The van der Waals surface area contributed by atoms with Crippen LogP contribution in [-0.4, -0.2) is 57.1 Å². The van der Waals surface area contributed by atoms with Crippen LogP contribution in [0.25, 0.3) is 0 Å². The van der Waals surface area contributed by atoms with Crippen molar-refractivity contribution in [2.45, 2.75) is 58.7 Å². The molecular weight excluding hydrogens is 537 g/mol. The molecule has 0 saturated carbocycles. The predicted octanol–water partition coefficient (Wildman–Crippen LogP) is 4.88. The molecule has 2 aromatic carbocycles. The number of carbonyl (C=O) groups excluding carboxylic acids is 2. The molecule has 0 aliphatic rings. The first-order valence-electron chi connectivity index (χ1n) is 12.0. The molecule has 0 aromatic heterocycles. The summed E-state index contributed by atoms with van der Waals surface area (Å²) < 4.78 is 31.5. The highest BCUT2D eigenvalue weighted by atomic mass is 35.5. The van der Waals surface area contributed by atoms with Gasteiger partial charge in [-0.05, 0) is 62.6 Å². The Hall–Kier alpha value is -2.49. The van der Waals surface area contributed by atoms with Crippen LogP contribution in [0.1, 0.15) is 45.6 Å². The molecule has 8 nitrogen and oxygen atoms in total. The smallest absolute Gasteiger partial charge is 0.243 e. The van der Waals surface area contributed by atoms with Crippen molar-refractivity contribution in [1.29, 1.82) is 0 Å². The highest BCUT2D eigenvalue weighted by molar-refractivity contribution is 7.92. The molecule has 1 N–H and O–H groups in total. The SMILES string of the molecule is CC[C@H](C(=O)NC(C)C)N(Cc1cccc(OC)c1)C(=O)CCCN(c1cc(Cl)ccc1Cl)S(C)(=O)=O. The van der Waals surface area contributed by atoms with Gasteiger partial charge in [0.1, 0.15) is 11.8 Å². The molecule has 0 aliphatic heterocycles. The first kappa shape index (κ1) is 30.7. The van der Waals surface area contributed by atoms with E-state index in [1.165, 1.54) is 12.1 Å². The lowest BCUT2D eigenvalue weighted by Gasteiger charge is -2.31. The fourth-order valence-corrected chi connectivity index (χ4v) is 5.33.